The number of hydrogen-bond acceptors (Lipinski definition) is 4. The number of carbonyl (C=O) groups is 2. The molecular weight excluding hydrogens is 282 g/mol. The second-order valence-electron chi connectivity index (χ2n) is 6.08. The molecule has 0 saturated heterocycles. The lowest BCUT2D eigenvalue weighted by atomic mass is 10.0. The van der Waals surface area contributed by atoms with Crippen LogP contribution in [-0.2, 0) is 14.3 Å². The number of carbonyl (C=O) groups excluding carboxylic acids is 1. The Morgan fingerprint density at radius 2 is 1.86 bits per heavy atom. The Labute approximate surface area is 130 Å². The van der Waals surface area contributed by atoms with Gasteiger partial charge in [-0.1, -0.05) is 36.4 Å². The van der Waals surface area contributed by atoms with Crippen LogP contribution in [0.5, 0.6) is 0 Å². The minimum Gasteiger partial charge on any atom is -0.481 e. The summed E-state index contributed by atoms with van der Waals surface area (Å²) in [5, 5.41) is 8.74. The molecule has 5 heteroatoms. The average Bonchev–Trinajstić information content (AvgIpc) is 2.37. The zero-order chi connectivity index (χ0) is 16.8. The smallest absolute Gasteiger partial charge is 0.338 e. The van der Waals surface area contributed by atoms with Crippen molar-refractivity contribution in [2.24, 2.45) is 5.73 Å². The monoisotopic (exact) mass is 305 g/mol. The van der Waals surface area contributed by atoms with Gasteiger partial charge < -0.3 is 15.6 Å². The molecule has 0 spiro atoms. The second-order valence-corrected chi connectivity index (χ2v) is 6.08. The average molecular weight is 305 g/mol. The van der Waals surface area contributed by atoms with Crippen molar-refractivity contribution in [3.8, 4) is 0 Å². The normalized spacial score (nSPS) is 13.5. The highest BCUT2D eigenvalue weighted by molar-refractivity contribution is 6.16. The standard InChI is InChI=1S/C17H23NO4/c1-17(2,3)22-16(21)14(12-7-5-4-6-8-12)10-9-13(18)11-15(19)20/h4-8,10,13H,9,11,18H2,1-3H3,(H,19,20)/b14-10-/t13-/m0/s1. The maximum atomic E-state index is 12.3. The van der Waals surface area contributed by atoms with E-state index >= 15 is 0 Å². The molecule has 0 aromatic heterocycles. The van der Waals surface area contributed by atoms with Gasteiger partial charge in [0.2, 0.25) is 0 Å². The Balaban J connectivity index is 2.97. The molecule has 5 nitrogen and oxygen atoms in total. The van der Waals surface area contributed by atoms with Gasteiger partial charge in [-0.2, -0.15) is 0 Å². The molecular formula is C17H23NO4. The van der Waals surface area contributed by atoms with E-state index in [-0.39, 0.29) is 12.8 Å². The molecule has 0 aliphatic carbocycles. The zero-order valence-electron chi connectivity index (χ0n) is 13.2. The fraction of sp³-hybridized carbons (Fsp3) is 0.412. The molecule has 0 unspecified atom stereocenters. The molecule has 0 fully saturated rings. The van der Waals surface area contributed by atoms with Gasteiger partial charge in [-0.15, -0.1) is 0 Å². The first-order valence-electron chi connectivity index (χ1n) is 7.15. The Hall–Kier alpha value is -2.14. The van der Waals surface area contributed by atoms with Crippen molar-refractivity contribution in [1.82, 2.24) is 0 Å². The van der Waals surface area contributed by atoms with Crippen molar-refractivity contribution in [2.45, 2.75) is 45.3 Å². The SMILES string of the molecule is CC(C)(C)OC(=O)/C(=C\C[C@H](N)CC(=O)O)c1ccccc1. The van der Waals surface area contributed by atoms with E-state index in [1.54, 1.807) is 39.0 Å². The number of carboxylic acids is 1. The number of aliphatic carboxylic acids is 1. The van der Waals surface area contributed by atoms with Crippen LogP contribution in [0.4, 0.5) is 0 Å². The van der Waals surface area contributed by atoms with E-state index in [0.717, 1.165) is 5.56 Å². The lowest BCUT2D eigenvalue weighted by Crippen LogP contribution is -2.25. The summed E-state index contributed by atoms with van der Waals surface area (Å²) < 4.78 is 5.40. The molecule has 0 bridgehead atoms. The van der Waals surface area contributed by atoms with E-state index in [0.29, 0.717) is 5.57 Å². The summed E-state index contributed by atoms with van der Waals surface area (Å²) in [7, 11) is 0. The van der Waals surface area contributed by atoms with Gasteiger partial charge in [0.25, 0.3) is 0 Å². The molecule has 1 aromatic carbocycles. The number of ether oxygens (including phenoxy) is 1. The van der Waals surface area contributed by atoms with Gasteiger partial charge in [-0.25, -0.2) is 4.79 Å². The first-order chi connectivity index (χ1) is 10.2. The van der Waals surface area contributed by atoms with E-state index < -0.39 is 23.6 Å². The third kappa shape index (κ3) is 6.54. The van der Waals surface area contributed by atoms with Crippen molar-refractivity contribution in [1.29, 1.82) is 0 Å². The number of benzene rings is 1. The molecule has 0 heterocycles. The number of rotatable bonds is 6. The largest absolute Gasteiger partial charge is 0.481 e. The van der Waals surface area contributed by atoms with Gasteiger partial charge in [0, 0.05) is 6.04 Å². The Kier molecular flexibility index (Phi) is 6.31. The molecule has 1 rings (SSSR count). The summed E-state index contributed by atoms with van der Waals surface area (Å²) in [6.07, 6.45) is 1.79. The van der Waals surface area contributed by atoms with Gasteiger partial charge in [-0.05, 0) is 32.8 Å². The van der Waals surface area contributed by atoms with Gasteiger partial charge in [0.1, 0.15) is 5.60 Å². The summed E-state index contributed by atoms with van der Waals surface area (Å²) in [6, 6.07) is 8.57. The van der Waals surface area contributed by atoms with E-state index in [2.05, 4.69) is 0 Å². The molecule has 0 aliphatic heterocycles. The highest BCUT2D eigenvalue weighted by Gasteiger charge is 2.21. The quantitative estimate of drug-likeness (QED) is 0.623. The van der Waals surface area contributed by atoms with Crippen molar-refractivity contribution in [2.75, 3.05) is 0 Å². The molecule has 1 aromatic rings. The van der Waals surface area contributed by atoms with Crippen LogP contribution in [0.15, 0.2) is 36.4 Å². The maximum Gasteiger partial charge on any atom is 0.338 e. The van der Waals surface area contributed by atoms with Crippen molar-refractivity contribution in [3.63, 3.8) is 0 Å². The van der Waals surface area contributed by atoms with Crippen LogP contribution in [-0.4, -0.2) is 28.7 Å². The fourth-order valence-corrected chi connectivity index (χ4v) is 1.85. The van der Waals surface area contributed by atoms with Gasteiger partial charge >= 0.3 is 11.9 Å². The summed E-state index contributed by atoms with van der Waals surface area (Å²) in [6.45, 7) is 5.39. The number of esters is 1. The van der Waals surface area contributed by atoms with Crippen LogP contribution >= 0.6 is 0 Å². The van der Waals surface area contributed by atoms with Crippen molar-refractivity contribution >= 4 is 17.5 Å². The van der Waals surface area contributed by atoms with Crippen molar-refractivity contribution < 1.29 is 19.4 Å². The highest BCUT2D eigenvalue weighted by Crippen LogP contribution is 2.20. The number of carboxylic acid groups (broad SMARTS) is 1. The highest BCUT2D eigenvalue weighted by atomic mass is 16.6. The van der Waals surface area contributed by atoms with Crippen LogP contribution < -0.4 is 5.73 Å². The Morgan fingerprint density at radius 1 is 1.27 bits per heavy atom. The summed E-state index contributed by atoms with van der Waals surface area (Å²) in [5.74, 6) is -1.40. The van der Waals surface area contributed by atoms with Crippen LogP contribution in [0.3, 0.4) is 0 Å². The third-order valence-corrected chi connectivity index (χ3v) is 2.77. The maximum absolute atomic E-state index is 12.3. The van der Waals surface area contributed by atoms with E-state index in [9.17, 15) is 9.59 Å². The van der Waals surface area contributed by atoms with Crippen LogP contribution in [0.1, 0.15) is 39.2 Å². The Morgan fingerprint density at radius 3 is 2.36 bits per heavy atom. The molecule has 0 aliphatic rings. The molecule has 1 atom stereocenters. The van der Waals surface area contributed by atoms with E-state index in [4.69, 9.17) is 15.6 Å². The van der Waals surface area contributed by atoms with Gasteiger partial charge in [-0.3, -0.25) is 4.79 Å². The second kappa shape index (κ2) is 7.75. The van der Waals surface area contributed by atoms with E-state index in [1.807, 2.05) is 18.2 Å². The zero-order valence-corrected chi connectivity index (χ0v) is 13.2. The minimum atomic E-state index is -0.959. The third-order valence-electron chi connectivity index (χ3n) is 2.77. The molecule has 3 N–H and O–H groups in total. The summed E-state index contributed by atoms with van der Waals surface area (Å²) >= 11 is 0. The minimum absolute atomic E-state index is 0.146. The molecule has 0 saturated carbocycles. The topological polar surface area (TPSA) is 89.6 Å². The molecule has 22 heavy (non-hydrogen) atoms. The molecule has 0 amide bonds. The van der Waals surface area contributed by atoms with Crippen molar-refractivity contribution in [3.05, 3.63) is 42.0 Å². The van der Waals surface area contributed by atoms with Crippen LogP contribution in [0, 0.1) is 0 Å². The number of nitrogens with two attached hydrogens (primary N) is 1. The van der Waals surface area contributed by atoms with Crippen LogP contribution in [0.25, 0.3) is 5.57 Å². The Bertz CT molecular complexity index is 544. The van der Waals surface area contributed by atoms with Gasteiger partial charge in [0.15, 0.2) is 0 Å². The van der Waals surface area contributed by atoms with E-state index in [1.165, 1.54) is 0 Å². The molecule has 0 radical (unpaired) electrons. The fourth-order valence-electron chi connectivity index (χ4n) is 1.85. The summed E-state index contributed by atoms with van der Waals surface area (Å²) in [4.78, 5) is 23.0. The van der Waals surface area contributed by atoms with Gasteiger partial charge in [0.05, 0.1) is 12.0 Å². The lowest BCUT2D eigenvalue weighted by Gasteiger charge is -2.21. The predicted octanol–water partition coefficient (Wildman–Crippen LogP) is 2.60. The lowest BCUT2D eigenvalue weighted by molar-refractivity contribution is -0.147. The first kappa shape index (κ1) is 17.9. The predicted molar refractivity (Wildman–Crippen MR) is 85.1 cm³/mol. The summed E-state index contributed by atoms with van der Waals surface area (Å²) in [5.41, 5.74) is 6.27. The first-order valence-corrected chi connectivity index (χ1v) is 7.15. The van der Waals surface area contributed by atoms with Crippen LogP contribution in [0.2, 0.25) is 0 Å². The number of hydrogen-bond donors (Lipinski definition) is 2. The molecule has 120 valence electrons.